The summed E-state index contributed by atoms with van der Waals surface area (Å²) in [5, 5.41) is 0. The molecule has 1 aromatic rings. The standard InChI is InChI=1S/C14H17NO/c1-14(2,3)13(16)15-9-8-11-6-4-5-7-12(11)10-15/h4-9H,10H2,1-3H3. The molecule has 84 valence electrons. The largest absolute Gasteiger partial charge is 0.314 e. The van der Waals surface area contributed by atoms with Crippen LogP contribution in [0.3, 0.4) is 0 Å². The number of rotatable bonds is 0. The first-order valence-electron chi connectivity index (χ1n) is 5.56. The van der Waals surface area contributed by atoms with E-state index in [-0.39, 0.29) is 11.3 Å². The summed E-state index contributed by atoms with van der Waals surface area (Å²) in [7, 11) is 0. The number of carbonyl (C=O) groups excluding carboxylic acids is 1. The lowest BCUT2D eigenvalue weighted by atomic mass is 9.93. The van der Waals surface area contributed by atoms with Crippen molar-refractivity contribution >= 4 is 12.0 Å². The fourth-order valence-electron chi connectivity index (χ4n) is 1.82. The highest BCUT2D eigenvalue weighted by molar-refractivity contribution is 5.83. The van der Waals surface area contributed by atoms with Gasteiger partial charge in [0.15, 0.2) is 0 Å². The molecule has 0 saturated heterocycles. The minimum Gasteiger partial charge on any atom is -0.314 e. The van der Waals surface area contributed by atoms with Gasteiger partial charge in [-0.1, -0.05) is 45.0 Å². The van der Waals surface area contributed by atoms with Gasteiger partial charge in [-0.25, -0.2) is 0 Å². The first kappa shape index (κ1) is 10.9. The van der Waals surface area contributed by atoms with Crippen molar-refractivity contribution in [2.75, 3.05) is 0 Å². The molecule has 2 heteroatoms. The van der Waals surface area contributed by atoms with Crippen molar-refractivity contribution < 1.29 is 4.79 Å². The summed E-state index contributed by atoms with van der Waals surface area (Å²) in [4.78, 5) is 13.9. The van der Waals surface area contributed by atoms with E-state index in [9.17, 15) is 4.79 Å². The maximum atomic E-state index is 12.1. The Bertz CT molecular complexity index is 440. The number of carbonyl (C=O) groups is 1. The molecule has 2 nitrogen and oxygen atoms in total. The van der Waals surface area contributed by atoms with Crippen LogP contribution in [-0.4, -0.2) is 10.8 Å². The third-order valence-electron chi connectivity index (χ3n) is 2.73. The molecule has 1 aliphatic heterocycles. The molecule has 1 amide bonds. The smallest absolute Gasteiger partial charge is 0.232 e. The lowest BCUT2D eigenvalue weighted by molar-refractivity contribution is -0.137. The molecule has 0 radical (unpaired) electrons. The first-order chi connectivity index (χ1) is 7.48. The van der Waals surface area contributed by atoms with Crippen molar-refractivity contribution in [2.24, 2.45) is 5.41 Å². The van der Waals surface area contributed by atoms with Crippen molar-refractivity contribution in [1.29, 1.82) is 0 Å². The summed E-state index contributed by atoms with van der Waals surface area (Å²) in [6.45, 7) is 6.53. The van der Waals surface area contributed by atoms with Crippen LogP contribution in [0.25, 0.3) is 6.08 Å². The van der Waals surface area contributed by atoms with Crippen LogP contribution in [0.15, 0.2) is 30.5 Å². The Morgan fingerprint density at radius 1 is 1.25 bits per heavy atom. The van der Waals surface area contributed by atoms with E-state index in [4.69, 9.17) is 0 Å². The average Bonchev–Trinajstić information content (AvgIpc) is 2.26. The summed E-state index contributed by atoms with van der Waals surface area (Å²) >= 11 is 0. The SMILES string of the molecule is CC(C)(C)C(=O)N1C=Cc2ccccc2C1. The van der Waals surface area contributed by atoms with Crippen LogP contribution in [0, 0.1) is 5.41 Å². The van der Waals surface area contributed by atoms with E-state index in [0.29, 0.717) is 6.54 Å². The maximum Gasteiger partial charge on any atom is 0.232 e. The molecular weight excluding hydrogens is 198 g/mol. The van der Waals surface area contributed by atoms with Gasteiger partial charge in [0, 0.05) is 11.6 Å². The van der Waals surface area contributed by atoms with Gasteiger partial charge < -0.3 is 4.90 Å². The van der Waals surface area contributed by atoms with Gasteiger partial charge >= 0.3 is 0 Å². The van der Waals surface area contributed by atoms with E-state index >= 15 is 0 Å². The van der Waals surface area contributed by atoms with Crippen molar-refractivity contribution in [3.8, 4) is 0 Å². The molecule has 1 heterocycles. The Morgan fingerprint density at radius 2 is 1.94 bits per heavy atom. The maximum absolute atomic E-state index is 12.1. The summed E-state index contributed by atoms with van der Waals surface area (Å²) < 4.78 is 0. The number of hydrogen-bond acceptors (Lipinski definition) is 1. The predicted octanol–water partition coefficient (Wildman–Crippen LogP) is 3.05. The van der Waals surface area contributed by atoms with E-state index in [1.54, 1.807) is 4.90 Å². The lowest BCUT2D eigenvalue weighted by Crippen LogP contribution is -2.36. The molecule has 0 unspecified atom stereocenters. The normalized spacial score (nSPS) is 14.8. The van der Waals surface area contributed by atoms with Crippen LogP contribution >= 0.6 is 0 Å². The highest BCUT2D eigenvalue weighted by atomic mass is 16.2. The van der Waals surface area contributed by atoms with Crippen molar-refractivity contribution in [3.63, 3.8) is 0 Å². The number of benzene rings is 1. The van der Waals surface area contributed by atoms with Gasteiger partial charge in [0.1, 0.15) is 0 Å². The molecule has 0 atom stereocenters. The summed E-state index contributed by atoms with van der Waals surface area (Å²) in [5.74, 6) is 0.165. The molecule has 1 aliphatic rings. The summed E-state index contributed by atoms with van der Waals surface area (Å²) in [5.41, 5.74) is 2.10. The molecule has 0 saturated carbocycles. The Labute approximate surface area is 96.6 Å². The van der Waals surface area contributed by atoms with Crippen LogP contribution in [0.2, 0.25) is 0 Å². The van der Waals surface area contributed by atoms with Gasteiger partial charge in [-0.3, -0.25) is 4.79 Å². The van der Waals surface area contributed by atoms with Crippen LogP contribution in [0.5, 0.6) is 0 Å². The Balaban J connectivity index is 2.24. The van der Waals surface area contributed by atoms with Crippen LogP contribution in [0.4, 0.5) is 0 Å². The molecule has 16 heavy (non-hydrogen) atoms. The second-order valence-corrected chi connectivity index (χ2v) is 5.20. The van der Waals surface area contributed by atoms with Gasteiger partial charge in [-0.05, 0) is 17.2 Å². The highest BCUT2D eigenvalue weighted by Crippen LogP contribution is 2.24. The van der Waals surface area contributed by atoms with E-state index in [0.717, 1.165) is 0 Å². The van der Waals surface area contributed by atoms with Gasteiger partial charge in [0.25, 0.3) is 0 Å². The quantitative estimate of drug-likeness (QED) is 0.651. The molecule has 0 spiro atoms. The summed E-state index contributed by atoms with van der Waals surface area (Å²) in [6.07, 6.45) is 3.89. The fraction of sp³-hybridized carbons (Fsp3) is 0.357. The van der Waals surface area contributed by atoms with E-state index in [1.807, 2.05) is 45.2 Å². The lowest BCUT2D eigenvalue weighted by Gasteiger charge is -2.29. The minimum atomic E-state index is -0.323. The Hall–Kier alpha value is -1.57. The molecule has 0 N–H and O–H groups in total. The molecule has 0 aliphatic carbocycles. The van der Waals surface area contributed by atoms with E-state index in [2.05, 4.69) is 12.1 Å². The van der Waals surface area contributed by atoms with Crippen LogP contribution < -0.4 is 0 Å². The number of hydrogen-bond donors (Lipinski definition) is 0. The van der Waals surface area contributed by atoms with Crippen LogP contribution in [-0.2, 0) is 11.3 Å². The second kappa shape index (κ2) is 3.78. The topological polar surface area (TPSA) is 20.3 Å². The first-order valence-corrected chi connectivity index (χ1v) is 5.56. The monoisotopic (exact) mass is 215 g/mol. The van der Waals surface area contributed by atoms with Crippen molar-refractivity contribution in [3.05, 3.63) is 41.6 Å². The third-order valence-corrected chi connectivity index (χ3v) is 2.73. The number of nitrogens with zero attached hydrogens (tertiary/aromatic N) is 1. The third kappa shape index (κ3) is 2.01. The number of amides is 1. The van der Waals surface area contributed by atoms with E-state index < -0.39 is 0 Å². The molecular formula is C14H17NO. The van der Waals surface area contributed by atoms with E-state index in [1.165, 1.54) is 11.1 Å². The van der Waals surface area contributed by atoms with Crippen molar-refractivity contribution in [1.82, 2.24) is 4.90 Å². The van der Waals surface area contributed by atoms with Crippen molar-refractivity contribution in [2.45, 2.75) is 27.3 Å². The zero-order valence-electron chi connectivity index (χ0n) is 10.0. The zero-order chi connectivity index (χ0) is 11.8. The van der Waals surface area contributed by atoms with Gasteiger partial charge in [-0.2, -0.15) is 0 Å². The Morgan fingerprint density at radius 3 is 2.62 bits per heavy atom. The molecule has 1 aromatic carbocycles. The average molecular weight is 215 g/mol. The highest BCUT2D eigenvalue weighted by Gasteiger charge is 2.27. The second-order valence-electron chi connectivity index (χ2n) is 5.20. The molecule has 2 rings (SSSR count). The van der Waals surface area contributed by atoms with Crippen LogP contribution in [0.1, 0.15) is 31.9 Å². The fourth-order valence-corrected chi connectivity index (χ4v) is 1.82. The predicted molar refractivity (Wildman–Crippen MR) is 65.5 cm³/mol. The molecule has 0 bridgehead atoms. The molecule has 0 aromatic heterocycles. The zero-order valence-corrected chi connectivity index (χ0v) is 10.0. The minimum absolute atomic E-state index is 0.165. The van der Waals surface area contributed by atoms with Gasteiger partial charge in [0.2, 0.25) is 5.91 Å². The summed E-state index contributed by atoms with van der Waals surface area (Å²) in [6, 6.07) is 8.18. The van der Waals surface area contributed by atoms with Gasteiger partial charge in [0.05, 0.1) is 6.54 Å². The van der Waals surface area contributed by atoms with Gasteiger partial charge in [-0.15, -0.1) is 0 Å². The number of fused-ring (bicyclic) bond motifs is 1. The Kier molecular flexibility index (Phi) is 2.58. The molecule has 0 fully saturated rings.